The first kappa shape index (κ1) is 17.7. The van der Waals surface area contributed by atoms with Crippen LogP contribution in [0.25, 0.3) is 0 Å². The third-order valence-electron chi connectivity index (χ3n) is 4.12. The van der Waals surface area contributed by atoms with Gasteiger partial charge in [-0.05, 0) is 64.7 Å². The molecule has 1 aliphatic rings. The van der Waals surface area contributed by atoms with E-state index >= 15 is 0 Å². The van der Waals surface area contributed by atoms with Gasteiger partial charge in [0.05, 0.1) is 0 Å². The average molecular weight is 319 g/mol. The second kappa shape index (κ2) is 7.77. The van der Waals surface area contributed by atoms with Crippen LogP contribution in [-0.4, -0.2) is 40.7 Å². The maximum Gasteiger partial charge on any atom is 0.410 e. The summed E-state index contributed by atoms with van der Waals surface area (Å²) in [5, 5.41) is 3.54. The van der Waals surface area contributed by atoms with E-state index in [-0.39, 0.29) is 18.2 Å². The van der Waals surface area contributed by atoms with Gasteiger partial charge in [0.25, 0.3) is 0 Å². The van der Waals surface area contributed by atoms with Gasteiger partial charge in [-0.15, -0.1) is 0 Å². The zero-order valence-corrected chi connectivity index (χ0v) is 14.7. The first-order chi connectivity index (χ1) is 10.9. The van der Waals surface area contributed by atoms with Crippen molar-refractivity contribution in [3.63, 3.8) is 0 Å². The van der Waals surface area contributed by atoms with E-state index in [9.17, 15) is 4.79 Å². The van der Waals surface area contributed by atoms with E-state index < -0.39 is 5.60 Å². The highest BCUT2D eigenvalue weighted by atomic mass is 16.6. The number of rotatable bonds is 4. The standard InChI is InChI=1S/C18H29N3O2/c1-14(15-8-10-19-11-9-15)20-13-16-7-5-6-12-21(16)17(22)23-18(2,3)4/h8-11,14,16,20H,5-7,12-13H2,1-4H3. The predicted octanol–water partition coefficient (Wildman–Crippen LogP) is 3.52. The summed E-state index contributed by atoms with van der Waals surface area (Å²) in [5.41, 5.74) is 0.760. The highest BCUT2D eigenvalue weighted by Gasteiger charge is 2.30. The normalized spacial score (nSPS) is 20.2. The van der Waals surface area contributed by atoms with Crippen molar-refractivity contribution in [2.45, 2.75) is 64.6 Å². The third-order valence-corrected chi connectivity index (χ3v) is 4.12. The van der Waals surface area contributed by atoms with Gasteiger partial charge in [-0.3, -0.25) is 4.98 Å². The molecule has 1 aromatic rings. The summed E-state index contributed by atoms with van der Waals surface area (Å²) in [4.78, 5) is 18.3. The largest absolute Gasteiger partial charge is 0.444 e. The number of carbonyl (C=O) groups excluding carboxylic acids is 1. The summed E-state index contributed by atoms with van der Waals surface area (Å²) in [6.07, 6.45) is 6.66. The minimum Gasteiger partial charge on any atom is -0.444 e. The smallest absolute Gasteiger partial charge is 0.410 e. The van der Waals surface area contributed by atoms with Crippen LogP contribution in [0.1, 0.15) is 58.6 Å². The molecule has 1 aliphatic heterocycles. The fourth-order valence-corrected chi connectivity index (χ4v) is 2.86. The molecule has 0 aliphatic carbocycles. The molecular weight excluding hydrogens is 290 g/mol. The number of hydrogen-bond donors (Lipinski definition) is 1. The number of likely N-dealkylation sites (tertiary alicyclic amines) is 1. The Balaban J connectivity index is 1.92. The highest BCUT2D eigenvalue weighted by Crippen LogP contribution is 2.21. The number of pyridine rings is 1. The number of hydrogen-bond acceptors (Lipinski definition) is 4. The second-order valence-electron chi connectivity index (χ2n) is 7.23. The van der Waals surface area contributed by atoms with Crippen molar-refractivity contribution in [2.24, 2.45) is 0 Å². The Hall–Kier alpha value is -1.62. The van der Waals surface area contributed by atoms with Crippen molar-refractivity contribution in [1.82, 2.24) is 15.2 Å². The second-order valence-corrected chi connectivity index (χ2v) is 7.23. The molecule has 1 aromatic heterocycles. The van der Waals surface area contributed by atoms with E-state index in [0.717, 1.165) is 32.4 Å². The molecule has 0 spiro atoms. The molecule has 0 bridgehead atoms. The quantitative estimate of drug-likeness (QED) is 0.922. The van der Waals surface area contributed by atoms with Gasteiger partial charge in [-0.25, -0.2) is 4.79 Å². The van der Waals surface area contributed by atoms with Gasteiger partial charge in [-0.1, -0.05) is 0 Å². The number of amides is 1. The lowest BCUT2D eigenvalue weighted by Gasteiger charge is -2.37. The lowest BCUT2D eigenvalue weighted by molar-refractivity contribution is 0.00970. The Kier molecular flexibility index (Phi) is 5.99. The lowest BCUT2D eigenvalue weighted by Crippen LogP contribution is -2.50. The lowest BCUT2D eigenvalue weighted by atomic mass is 10.0. The van der Waals surface area contributed by atoms with Gasteiger partial charge in [-0.2, -0.15) is 0 Å². The van der Waals surface area contributed by atoms with E-state index in [4.69, 9.17) is 4.74 Å². The molecule has 2 rings (SSSR count). The first-order valence-corrected chi connectivity index (χ1v) is 8.50. The Labute approximate surface area is 139 Å². The van der Waals surface area contributed by atoms with Crippen molar-refractivity contribution < 1.29 is 9.53 Å². The van der Waals surface area contributed by atoms with Gasteiger partial charge in [0.2, 0.25) is 0 Å². The van der Waals surface area contributed by atoms with Crippen molar-refractivity contribution in [3.8, 4) is 0 Å². The van der Waals surface area contributed by atoms with E-state index in [1.165, 1.54) is 5.56 Å². The number of nitrogens with one attached hydrogen (secondary N) is 1. The van der Waals surface area contributed by atoms with Crippen LogP contribution in [0, 0.1) is 0 Å². The Morgan fingerprint density at radius 2 is 2.09 bits per heavy atom. The third kappa shape index (κ3) is 5.50. The van der Waals surface area contributed by atoms with Crippen molar-refractivity contribution in [2.75, 3.05) is 13.1 Å². The number of aromatic nitrogens is 1. The minimum atomic E-state index is -0.448. The van der Waals surface area contributed by atoms with Gasteiger partial charge < -0.3 is 15.0 Å². The summed E-state index contributed by atoms with van der Waals surface area (Å²) in [5.74, 6) is 0. The van der Waals surface area contributed by atoms with Crippen molar-refractivity contribution >= 4 is 6.09 Å². The molecule has 1 saturated heterocycles. The first-order valence-electron chi connectivity index (χ1n) is 8.50. The molecule has 2 atom stereocenters. The highest BCUT2D eigenvalue weighted by molar-refractivity contribution is 5.68. The van der Waals surface area contributed by atoms with Crippen molar-refractivity contribution in [1.29, 1.82) is 0 Å². The molecule has 2 unspecified atom stereocenters. The molecule has 1 N–H and O–H groups in total. The molecule has 0 radical (unpaired) electrons. The van der Waals surface area contributed by atoms with Gasteiger partial charge >= 0.3 is 6.09 Å². The summed E-state index contributed by atoms with van der Waals surface area (Å²) < 4.78 is 5.55. The van der Waals surface area contributed by atoms with Crippen LogP contribution in [-0.2, 0) is 4.74 Å². The Bertz CT molecular complexity index is 499. The summed E-state index contributed by atoms with van der Waals surface area (Å²) in [6, 6.07) is 4.47. The monoisotopic (exact) mass is 319 g/mol. The fraction of sp³-hybridized carbons (Fsp3) is 0.667. The molecule has 0 aromatic carbocycles. The Morgan fingerprint density at radius 1 is 1.39 bits per heavy atom. The number of carbonyl (C=O) groups is 1. The van der Waals surface area contributed by atoms with Crippen LogP contribution in [0.2, 0.25) is 0 Å². The van der Waals surface area contributed by atoms with Gasteiger partial charge in [0.15, 0.2) is 0 Å². The predicted molar refractivity (Wildman–Crippen MR) is 91.2 cm³/mol. The van der Waals surface area contributed by atoms with Gasteiger partial charge in [0.1, 0.15) is 5.60 Å². The molecule has 5 heteroatoms. The SMILES string of the molecule is CC(NCC1CCCCN1C(=O)OC(C)(C)C)c1ccncc1. The van der Waals surface area contributed by atoms with Crippen LogP contribution < -0.4 is 5.32 Å². The minimum absolute atomic E-state index is 0.194. The van der Waals surface area contributed by atoms with E-state index in [0.29, 0.717) is 0 Å². The van der Waals surface area contributed by atoms with E-state index in [1.807, 2.05) is 37.8 Å². The molecule has 0 saturated carbocycles. The molecule has 1 amide bonds. The van der Waals surface area contributed by atoms with Crippen molar-refractivity contribution in [3.05, 3.63) is 30.1 Å². The van der Waals surface area contributed by atoms with E-state index in [1.54, 1.807) is 12.4 Å². The molecule has 5 nitrogen and oxygen atoms in total. The van der Waals surface area contributed by atoms with Crippen LogP contribution in [0.3, 0.4) is 0 Å². The maximum atomic E-state index is 12.4. The summed E-state index contributed by atoms with van der Waals surface area (Å²) >= 11 is 0. The van der Waals surface area contributed by atoms with Crippen LogP contribution >= 0.6 is 0 Å². The Morgan fingerprint density at radius 3 is 2.74 bits per heavy atom. The average Bonchev–Trinajstić information content (AvgIpc) is 2.52. The molecule has 23 heavy (non-hydrogen) atoms. The molecule has 128 valence electrons. The zero-order chi connectivity index (χ0) is 16.9. The van der Waals surface area contributed by atoms with E-state index in [2.05, 4.69) is 17.2 Å². The van der Waals surface area contributed by atoms with Gasteiger partial charge in [0, 0.05) is 37.6 Å². The number of nitrogens with zero attached hydrogens (tertiary/aromatic N) is 2. The van der Waals surface area contributed by atoms with Crippen LogP contribution in [0.15, 0.2) is 24.5 Å². The van der Waals surface area contributed by atoms with Crippen LogP contribution in [0.4, 0.5) is 4.79 Å². The molecule has 1 fully saturated rings. The molecular formula is C18H29N3O2. The number of piperidine rings is 1. The summed E-state index contributed by atoms with van der Waals surface area (Å²) in [6.45, 7) is 9.43. The number of ether oxygens (including phenoxy) is 1. The topological polar surface area (TPSA) is 54.5 Å². The van der Waals surface area contributed by atoms with Crippen LogP contribution in [0.5, 0.6) is 0 Å². The fourth-order valence-electron chi connectivity index (χ4n) is 2.86. The maximum absolute atomic E-state index is 12.4. The molecule has 2 heterocycles. The summed E-state index contributed by atoms with van der Waals surface area (Å²) in [7, 11) is 0. The zero-order valence-electron chi connectivity index (χ0n) is 14.7.